The Balaban J connectivity index is 1.71. The molecule has 0 fully saturated rings. The van der Waals surface area contributed by atoms with Gasteiger partial charge in [0.25, 0.3) is 5.56 Å². The number of anilines is 1. The summed E-state index contributed by atoms with van der Waals surface area (Å²) in [5, 5.41) is 3.38. The van der Waals surface area contributed by atoms with Crippen LogP contribution in [-0.2, 0) is 17.9 Å². The first-order valence-corrected chi connectivity index (χ1v) is 8.75. The van der Waals surface area contributed by atoms with Gasteiger partial charge < -0.3 is 9.30 Å². The highest BCUT2D eigenvalue weighted by Gasteiger charge is 2.11. The van der Waals surface area contributed by atoms with Gasteiger partial charge in [-0.05, 0) is 30.3 Å². The molecule has 2 heterocycles. The van der Waals surface area contributed by atoms with E-state index in [-0.39, 0.29) is 18.8 Å². The molecule has 0 saturated carbocycles. The molecule has 3 aromatic rings. The number of rotatable bonds is 5. The van der Waals surface area contributed by atoms with Gasteiger partial charge in [-0.2, -0.15) is 0 Å². The van der Waals surface area contributed by atoms with Gasteiger partial charge >= 0.3 is 6.09 Å². The number of carbonyl (C=O) groups excluding carboxylic acids is 1. The van der Waals surface area contributed by atoms with Crippen LogP contribution in [0, 0.1) is 0 Å². The summed E-state index contributed by atoms with van der Waals surface area (Å²) >= 11 is 12.3. The van der Waals surface area contributed by atoms with E-state index < -0.39 is 11.7 Å². The van der Waals surface area contributed by atoms with Gasteiger partial charge in [-0.25, -0.2) is 4.79 Å². The van der Waals surface area contributed by atoms with Crippen LogP contribution in [0.1, 0.15) is 11.1 Å². The van der Waals surface area contributed by atoms with E-state index in [0.717, 1.165) is 5.56 Å². The van der Waals surface area contributed by atoms with E-state index in [1.165, 1.54) is 10.6 Å². The number of carbonyl (C=O) groups is 1. The van der Waals surface area contributed by atoms with Gasteiger partial charge in [0.15, 0.2) is 0 Å². The summed E-state index contributed by atoms with van der Waals surface area (Å²) in [7, 11) is 0. The topological polar surface area (TPSA) is 73.2 Å². The fourth-order valence-corrected chi connectivity index (χ4v) is 2.91. The maximum absolute atomic E-state index is 12.6. The van der Waals surface area contributed by atoms with E-state index in [9.17, 15) is 9.59 Å². The molecule has 0 aliphatic rings. The van der Waals surface area contributed by atoms with E-state index in [4.69, 9.17) is 27.9 Å². The second-order valence-electron chi connectivity index (χ2n) is 5.62. The number of halogens is 2. The molecular formula is C19H15Cl2N3O3. The number of pyridine rings is 2. The molecular weight excluding hydrogens is 389 g/mol. The molecule has 0 saturated heterocycles. The van der Waals surface area contributed by atoms with Crippen LogP contribution in [0.3, 0.4) is 0 Å². The van der Waals surface area contributed by atoms with Crippen LogP contribution in [0.25, 0.3) is 0 Å². The molecule has 0 spiro atoms. The predicted octanol–water partition coefficient (Wildman–Crippen LogP) is 4.35. The fourth-order valence-electron chi connectivity index (χ4n) is 2.39. The van der Waals surface area contributed by atoms with Gasteiger partial charge in [0.2, 0.25) is 0 Å². The largest absolute Gasteiger partial charge is 0.444 e. The molecule has 0 unspecified atom stereocenters. The molecule has 0 aliphatic heterocycles. The van der Waals surface area contributed by atoms with Crippen LogP contribution < -0.4 is 10.9 Å². The Morgan fingerprint density at radius 2 is 1.89 bits per heavy atom. The molecule has 2 aromatic heterocycles. The number of amides is 1. The highest BCUT2D eigenvalue weighted by Crippen LogP contribution is 2.24. The summed E-state index contributed by atoms with van der Waals surface area (Å²) in [6.07, 6.45) is 4.08. The molecule has 3 rings (SSSR count). The van der Waals surface area contributed by atoms with E-state index >= 15 is 0 Å². The van der Waals surface area contributed by atoms with E-state index in [0.29, 0.717) is 15.6 Å². The standard InChI is InChI=1S/C19H15Cl2N3O3/c20-15-5-1-6-16(21)14(15)11-24-9-3-7-17(18(24)25)23-19(26)27-12-13-4-2-8-22-10-13/h1-10H,11-12H2,(H,23,26). The van der Waals surface area contributed by atoms with Crippen molar-refractivity contribution in [3.8, 4) is 0 Å². The van der Waals surface area contributed by atoms with Crippen molar-refractivity contribution in [3.05, 3.63) is 92.6 Å². The number of hydrogen-bond acceptors (Lipinski definition) is 4. The lowest BCUT2D eigenvalue weighted by atomic mass is 10.2. The highest BCUT2D eigenvalue weighted by atomic mass is 35.5. The molecule has 0 radical (unpaired) electrons. The Labute approximate surface area is 165 Å². The van der Waals surface area contributed by atoms with Gasteiger partial charge in [-0.15, -0.1) is 0 Å². The minimum atomic E-state index is -0.732. The van der Waals surface area contributed by atoms with Crippen LogP contribution in [0.15, 0.2) is 65.8 Å². The predicted molar refractivity (Wildman–Crippen MR) is 104 cm³/mol. The summed E-state index contributed by atoms with van der Waals surface area (Å²) in [5.74, 6) is 0. The van der Waals surface area contributed by atoms with Gasteiger partial charge in [0, 0.05) is 39.8 Å². The third-order valence-electron chi connectivity index (χ3n) is 3.74. The van der Waals surface area contributed by atoms with Crippen LogP contribution in [0.4, 0.5) is 10.5 Å². The average Bonchev–Trinajstić information content (AvgIpc) is 2.67. The monoisotopic (exact) mass is 403 g/mol. The quantitative estimate of drug-likeness (QED) is 0.687. The minimum absolute atomic E-state index is 0.0515. The zero-order valence-electron chi connectivity index (χ0n) is 14.1. The zero-order chi connectivity index (χ0) is 19.2. The number of benzene rings is 1. The molecule has 138 valence electrons. The Morgan fingerprint density at radius 3 is 2.59 bits per heavy atom. The summed E-state index contributed by atoms with van der Waals surface area (Å²) in [5.41, 5.74) is 1.06. The molecule has 1 amide bonds. The SMILES string of the molecule is O=C(Nc1cccn(Cc2c(Cl)cccc2Cl)c1=O)OCc1cccnc1. The third kappa shape index (κ3) is 4.87. The number of hydrogen-bond donors (Lipinski definition) is 1. The number of aromatic nitrogens is 2. The molecule has 6 nitrogen and oxygen atoms in total. The van der Waals surface area contributed by atoms with Crippen molar-refractivity contribution in [2.45, 2.75) is 13.2 Å². The highest BCUT2D eigenvalue weighted by molar-refractivity contribution is 6.35. The number of nitrogens with one attached hydrogen (secondary N) is 1. The summed E-state index contributed by atoms with van der Waals surface area (Å²) in [6.45, 7) is 0.230. The Hall–Kier alpha value is -2.83. The lowest BCUT2D eigenvalue weighted by molar-refractivity contribution is 0.155. The molecule has 1 N–H and O–H groups in total. The maximum atomic E-state index is 12.6. The second kappa shape index (κ2) is 8.70. The average molecular weight is 404 g/mol. The lowest BCUT2D eigenvalue weighted by Crippen LogP contribution is -2.26. The molecule has 0 aliphatic carbocycles. The van der Waals surface area contributed by atoms with Crippen molar-refractivity contribution in [2.75, 3.05) is 5.32 Å². The Bertz CT molecular complexity index is 986. The van der Waals surface area contributed by atoms with Crippen molar-refractivity contribution in [1.29, 1.82) is 0 Å². The van der Waals surface area contributed by atoms with Crippen molar-refractivity contribution in [3.63, 3.8) is 0 Å². The molecule has 1 aromatic carbocycles. The second-order valence-corrected chi connectivity index (χ2v) is 6.43. The summed E-state index contributed by atoms with van der Waals surface area (Å²) in [6, 6.07) is 11.8. The van der Waals surface area contributed by atoms with Gasteiger partial charge in [-0.3, -0.25) is 15.1 Å². The van der Waals surface area contributed by atoms with Crippen molar-refractivity contribution in [1.82, 2.24) is 9.55 Å². The first-order chi connectivity index (χ1) is 13.0. The Kier molecular flexibility index (Phi) is 6.11. The number of nitrogens with zero attached hydrogens (tertiary/aromatic N) is 2. The molecule has 0 bridgehead atoms. The summed E-state index contributed by atoms with van der Waals surface area (Å²) < 4.78 is 6.51. The van der Waals surface area contributed by atoms with Crippen molar-refractivity contribution < 1.29 is 9.53 Å². The first-order valence-electron chi connectivity index (χ1n) is 7.99. The maximum Gasteiger partial charge on any atom is 0.412 e. The van der Waals surface area contributed by atoms with Gasteiger partial charge in [0.05, 0.1) is 6.54 Å². The minimum Gasteiger partial charge on any atom is -0.444 e. The molecule has 0 atom stereocenters. The zero-order valence-corrected chi connectivity index (χ0v) is 15.6. The smallest absolute Gasteiger partial charge is 0.412 e. The van der Waals surface area contributed by atoms with Crippen LogP contribution in [0.5, 0.6) is 0 Å². The van der Waals surface area contributed by atoms with Crippen molar-refractivity contribution in [2.24, 2.45) is 0 Å². The van der Waals surface area contributed by atoms with E-state index in [1.807, 2.05) is 0 Å². The first kappa shape index (κ1) is 18.9. The van der Waals surface area contributed by atoms with Crippen LogP contribution >= 0.6 is 23.2 Å². The fraction of sp³-hybridized carbons (Fsp3) is 0.105. The Morgan fingerprint density at radius 1 is 1.11 bits per heavy atom. The van der Waals surface area contributed by atoms with Gasteiger partial charge in [0.1, 0.15) is 12.3 Å². The summed E-state index contributed by atoms with van der Waals surface area (Å²) in [4.78, 5) is 28.5. The van der Waals surface area contributed by atoms with E-state index in [1.54, 1.807) is 55.0 Å². The van der Waals surface area contributed by atoms with Crippen LogP contribution in [0.2, 0.25) is 10.0 Å². The van der Waals surface area contributed by atoms with Crippen molar-refractivity contribution >= 4 is 35.0 Å². The van der Waals surface area contributed by atoms with E-state index in [2.05, 4.69) is 10.3 Å². The van der Waals surface area contributed by atoms with Gasteiger partial charge in [-0.1, -0.05) is 35.3 Å². The molecule has 27 heavy (non-hydrogen) atoms. The molecule has 8 heteroatoms. The third-order valence-corrected chi connectivity index (χ3v) is 4.45. The number of ether oxygens (including phenoxy) is 1. The normalized spacial score (nSPS) is 10.4. The lowest BCUT2D eigenvalue weighted by Gasteiger charge is -2.11. The van der Waals surface area contributed by atoms with Crippen LogP contribution in [-0.4, -0.2) is 15.6 Å².